The van der Waals surface area contributed by atoms with E-state index in [1.165, 1.54) is 46.8 Å². The Morgan fingerprint density at radius 3 is 2.92 bits per heavy atom. The summed E-state index contributed by atoms with van der Waals surface area (Å²) in [6.07, 6.45) is 9.14. The second kappa shape index (κ2) is 7.79. The summed E-state index contributed by atoms with van der Waals surface area (Å²) in [5.74, 6) is -0.210. The maximum atomic E-state index is 14.3. The first-order valence-electron chi connectivity index (χ1n) is 9.07. The minimum atomic E-state index is -0.210. The van der Waals surface area contributed by atoms with Crippen molar-refractivity contribution in [3.63, 3.8) is 0 Å². The van der Waals surface area contributed by atoms with Gasteiger partial charge in [0.05, 0.1) is 16.5 Å². The van der Waals surface area contributed by atoms with Gasteiger partial charge in [0.1, 0.15) is 16.9 Å². The van der Waals surface area contributed by atoms with Gasteiger partial charge in [0.25, 0.3) is 0 Å². The van der Waals surface area contributed by atoms with E-state index in [0.29, 0.717) is 5.52 Å². The van der Waals surface area contributed by atoms with Crippen molar-refractivity contribution in [3.05, 3.63) is 52.0 Å². The summed E-state index contributed by atoms with van der Waals surface area (Å²) in [7, 11) is 0. The van der Waals surface area contributed by atoms with Crippen molar-refractivity contribution < 1.29 is 4.39 Å². The fourth-order valence-electron chi connectivity index (χ4n) is 3.61. The highest BCUT2D eigenvalue weighted by Gasteiger charge is 2.39. The molecular weight excluding hydrogens is 383 g/mol. The Labute approximate surface area is 165 Å². The average Bonchev–Trinajstić information content (AvgIpc) is 3.37. The van der Waals surface area contributed by atoms with E-state index in [2.05, 4.69) is 39.3 Å². The quantitative estimate of drug-likeness (QED) is 0.388. The van der Waals surface area contributed by atoms with Gasteiger partial charge in [-0.05, 0) is 30.4 Å². The van der Waals surface area contributed by atoms with Gasteiger partial charge < -0.3 is 0 Å². The number of fused-ring (bicyclic) bond motifs is 1. The minimum Gasteiger partial charge on any atom is -0.207 e. The number of hydrogen-bond donors (Lipinski definition) is 0. The highest BCUT2D eigenvalue weighted by atomic mass is 32.2. The van der Waals surface area contributed by atoms with Crippen LogP contribution in [0.15, 0.2) is 35.7 Å². The lowest BCUT2D eigenvalue weighted by Crippen LogP contribution is -2.20. The first kappa shape index (κ1) is 18.1. The third-order valence-corrected chi connectivity index (χ3v) is 8.10. The van der Waals surface area contributed by atoms with Crippen molar-refractivity contribution >= 4 is 50.8 Å². The highest BCUT2D eigenvalue weighted by molar-refractivity contribution is 8.09. The van der Waals surface area contributed by atoms with Crippen LogP contribution in [0.4, 0.5) is 4.39 Å². The van der Waals surface area contributed by atoms with E-state index in [1.807, 2.05) is 11.8 Å². The number of hydrogen-bond acceptors (Lipinski definition) is 5. The Bertz CT molecular complexity index is 916. The predicted octanol–water partition coefficient (Wildman–Crippen LogP) is 7.24. The van der Waals surface area contributed by atoms with E-state index in [1.54, 1.807) is 17.4 Å². The van der Waals surface area contributed by atoms with Crippen LogP contribution in [0.2, 0.25) is 0 Å². The Hall–Kier alpha value is -1.24. The van der Waals surface area contributed by atoms with Crippen molar-refractivity contribution in [2.75, 3.05) is 0 Å². The molecule has 0 saturated carbocycles. The van der Waals surface area contributed by atoms with Crippen LogP contribution >= 0.6 is 34.8 Å². The van der Waals surface area contributed by atoms with Crippen molar-refractivity contribution in [2.24, 2.45) is 0 Å². The molecule has 1 aromatic carbocycles. The summed E-state index contributed by atoms with van der Waals surface area (Å²) in [6, 6.07) is 7.46. The summed E-state index contributed by atoms with van der Waals surface area (Å²) < 4.78 is 23.0. The van der Waals surface area contributed by atoms with Crippen LogP contribution in [0.25, 0.3) is 15.9 Å². The lowest BCUT2D eigenvalue weighted by atomic mass is 9.88. The number of thioether (sulfide) groups is 1. The molecule has 0 spiro atoms. The molecular formula is C20H21FN2S3. The predicted molar refractivity (Wildman–Crippen MR) is 112 cm³/mol. The molecule has 0 radical (unpaired) electrons. The lowest BCUT2D eigenvalue weighted by Gasteiger charge is -2.30. The second-order valence-electron chi connectivity index (χ2n) is 6.74. The highest BCUT2D eigenvalue weighted by Crippen LogP contribution is 2.57. The minimum absolute atomic E-state index is 0.136. The Balaban J connectivity index is 1.70. The van der Waals surface area contributed by atoms with E-state index in [9.17, 15) is 4.39 Å². The zero-order chi connectivity index (χ0) is 18.0. The number of unbranched alkanes of at least 4 members (excludes halogenated alkanes) is 3. The lowest BCUT2D eigenvalue weighted by molar-refractivity contribution is 0.523. The molecule has 3 aromatic rings. The number of allylic oxidation sites excluding steroid dienone is 1. The van der Waals surface area contributed by atoms with Gasteiger partial charge in [0.2, 0.25) is 0 Å². The largest absolute Gasteiger partial charge is 0.207 e. The Kier molecular flexibility index (Phi) is 5.43. The average molecular weight is 405 g/mol. The topological polar surface area (TPSA) is 25.8 Å². The number of halogens is 1. The van der Waals surface area contributed by atoms with Crippen molar-refractivity contribution in [2.45, 2.75) is 50.2 Å². The molecule has 1 atom stereocenters. The normalized spacial score (nSPS) is 20.0. The molecule has 26 heavy (non-hydrogen) atoms. The first-order valence-corrected chi connectivity index (χ1v) is 11.5. The van der Waals surface area contributed by atoms with Crippen molar-refractivity contribution in [3.8, 4) is 0 Å². The molecule has 0 N–H and O–H groups in total. The van der Waals surface area contributed by atoms with Crippen molar-refractivity contribution in [1.82, 2.24) is 8.75 Å². The molecule has 1 unspecified atom stereocenters. The van der Waals surface area contributed by atoms with E-state index < -0.39 is 0 Å². The number of aromatic nitrogens is 2. The summed E-state index contributed by atoms with van der Waals surface area (Å²) >= 11 is 4.84. The van der Waals surface area contributed by atoms with Crippen LogP contribution < -0.4 is 0 Å². The third kappa shape index (κ3) is 3.47. The molecule has 136 valence electrons. The first-order chi connectivity index (χ1) is 12.7. The number of nitrogens with zero attached hydrogens (tertiary/aromatic N) is 2. The van der Waals surface area contributed by atoms with E-state index in [-0.39, 0.29) is 10.6 Å². The molecule has 0 amide bonds. The van der Waals surface area contributed by atoms with E-state index >= 15 is 0 Å². The molecule has 1 aliphatic rings. The molecule has 6 heteroatoms. The second-order valence-corrected chi connectivity index (χ2v) is 9.64. The van der Waals surface area contributed by atoms with Gasteiger partial charge in [-0.2, -0.15) is 8.75 Å². The van der Waals surface area contributed by atoms with Crippen molar-refractivity contribution in [1.29, 1.82) is 0 Å². The molecule has 2 nitrogen and oxygen atoms in total. The van der Waals surface area contributed by atoms with Gasteiger partial charge >= 0.3 is 0 Å². The summed E-state index contributed by atoms with van der Waals surface area (Å²) in [5.41, 5.74) is 2.58. The SMILES string of the molecule is CCCCCCC1(c2cc(F)cc3nsnc23)CC=C(c2cccs2)S1. The van der Waals surface area contributed by atoms with Crippen LogP contribution in [-0.4, -0.2) is 8.75 Å². The molecule has 1 aliphatic heterocycles. The van der Waals surface area contributed by atoms with E-state index in [0.717, 1.165) is 30.3 Å². The summed E-state index contributed by atoms with van der Waals surface area (Å²) in [4.78, 5) is 2.62. The fraction of sp³-hybridized carbons (Fsp3) is 0.400. The van der Waals surface area contributed by atoms with Crippen LogP contribution in [0.3, 0.4) is 0 Å². The molecule has 0 aliphatic carbocycles. The van der Waals surface area contributed by atoms with Crippen LogP contribution in [0.5, 0.6) is 0 Å². The maximum absolute atomic E-state index is 14.3. The van der Waals surface area contributed by atoms with Crippen LogP contribution in [0, 0.1) is 5.82 Å². The van der Waals surface area contributed by atoms with E-state index in [4.69, 9.17) is 0 Å². The molecule has 3 heterocycles. The summed E-state index contributed by atoms with van der Waals surface area (Å²) in [6.45, 7) is 2.23. The van der Waals surface area contributed by atoms with Crippen LogP contribution in [-0.2, 0) is 4.75 Å². The molecule has 4 rings (SSSR count). The van der Waals surface area contributed by atoms with Gasteiger partial charge in [-0.25, -0.2) is 4.39 Å². The number of thiophene rings is 1. The zero-order valence-corrected chi connectivity index (χ0v) is 17.2. The fourth-order valence-corrected chi connectivity index (χ4v) is 6.52. The Morgan fingerprint density at radius 2 is 2.12 bits per heavy atom. The molecule has 0 fully saturated rings. The molecule has 0 bridgehead atoms. The maximum Gasteiger partial charge on any atom is 0.125 e. The Morgan fingerprint density at radius 1 is 1.19 bits per heavy atom. The van der Waals surface area contributed by atoms with Crippen LogP contribution in [0.1, 0.15) is 55.9 Å². The summed E-state index contributed by atoms with van der Waals surface area (Å²) in [5, 5.41) is 2.11. The van der Waals surface area contributed by atoms with Gasteiger partial charge in [0.15, 0.2) is 0 Å². The van der Waals surface area contributed by atoms with Gasteiger partial charge in [-0.3, -0.25) is 0 Å². The van der Waals surface area contributed by atoms with Gasteiger partial charge in [0, 0.05) is 21.4 Å². The molecule has 0 saturated heterocycles. The van der Waals surface area contributed by atoms with Gasteiger partial charge in [-0.15, -0.1) is 23.1 Å². The van der Waals surface area contributed by atoms with Gasteiger partial charge in [-0.1, -0.05) is 44.7 Å². The number of benzene rings is 1. The molecule has 2 aromatic heterocycles. The monoisotopic (exact) mass is 404 g/mol. The third-order valence-electron chi connectivity index (χ3n) is 4.94. The zero-order valence-electron chi connectivity index (χ0n) is 14.7. The smallest absolute Gasteiger partial charge is 0.125 e. The number of rotatable bonds is 7. The standard InChI is InChI=1S/C20H21FN2S3/c1-2-3-4-5-9-20(10-8-18(25-20)17-7-6-11-24-17)15-12-14(21)13-16-19(15)23-26-22-16/h6-8,11-13H,2-5,9-10H2,1H3.